The summed E-state index contributed by atoms with van der Waals surface area (Å²) in [5, 5.41) is 8.67. The zero-order valence-corrected chi connectivity index (χ0v) is 14.3. The van der Waals surface area contributed by atoms with Gasteiger partial charge in [-0.1, -0.05) is 18.2 Å². The van der Waals surface area contributed by atoms with E-state index in [-0.39, 0.29) is 11.9 Å². The normalized spacial score (nSPS) is 34.8. The standard InChI is InChI=1S/C19H24N4O/c1-19-8-7-13-9-12(10-14(11-19)23(13)19)20-18(24)17-15-5-3-4-6-16(15)22(2)21-17/h3-6,12-14H,7-11H2,1-2H3,(H,20,24). The van der Waals surface area contributed by atoms with Crippen molar-refractivity contribution < 1.29 is 4.79 Å². The van der Waals surface area contributed by atoms with E-state index in [9.17, 15) is 4.79 Å². The minimum atomic E-state index is -0.0228. The van der Waals surface area contributed by atoms with E-state index in [1.165, 1.54) is 19.3 Å². The molecule has 1 N–H and O–H groups in total. The maximum Gasteiger partial charge on any atom is 0.272 e. The van der Waals surface area contributed by atoms with E-state index >= 15 is 0 Å². The fourth-order valence-electron chi connectivity index (χ4n) is 5.56. The average molecular weight is 324 g/mol. The first-order chi connectivity index (χ1) is 11.5. The number of rotatable bonds is 2. The highest BCUT2D eigenvalue weighted by molar-refractivity contribution is 6.04. The van der Waals surface area contributed by atoms with Crippen molar-refractivity contribution in [2.45, 2.75) is 62.7 Å². The number of nitrogens with one attached hydrogen (secondary N) is 1. The fraction of sp³-hybridized carbons (Fsp3) is 0.579. The summed E-state index contributed by atoms with van der Waals surface area (Å²) < 4.78 is 1.79. The smallest absolute Gasteiger partial charge is 0.272 e. The molecule has 126 valence electrons. The lowest BCUT2D eigenvalue weighted by Gasteiger charge is -2.59. The van der Waals surface area contributed by atoms with Crippen molar-refractivity contribution in [1.29, 1.82) is 0 Å². The second-order valence-electron chi connectivity index (χ2n) is 8.09. The molecule has 2 aromatic rings. The molecule has 3 aliphatic rings. The van der Waals surface area contributed by atoms with Crippen LogP contribution in [0.5, 0.6) is 0 Å². The molecule has 3 aliphatic heterocycles. The highest BCUT2D eigenvalue weighted by Crippen LogP contribution is 2.53. The van der Waals surface area contributed by atoms with Crippen molar-refractivity contribution in [3.05, 3.63) is 30.0 Å². The highest BCUT2D eigenvalue weighted by Gasteiger charge is 2.57. The van der Waals surface area contributed by atoms with Crippen molar-refractivity contribution in [3.63, 3.8) is 0 Å². The van der Waals surface area contributed by atoms with Gasteiger partial charge in [-0.05, 0) is 45.1 Å². The number of hydrogen-bond acceptors (Lipinski definition) is 3. The molecule has 3 saturated heterocycles. The molecule has 3 fully saturated rings. The molecular weight excluding hydrogens is 300 g/mol. The number of fused-ring (bicyclic) bond motifs is 1. The number of carbonyl (C=O) groups is 1. The zero-order chi connectivity index (χ0) is 16.5. The first-order valence-electron chi connectivity index (χ1n) is 9.06. The summed E-state index contributed by atoms with van der Waals surface area (Å²) in [5.74, 6) is -0.0228. The molecule has 4 unspecified atom stereocenters. The minimum Gasteiger partial charge on any atom is -0.348 e. The van der Waals surface area contributed by atoms with Gasteiger partial charge in [-0.2, -0.15) is 5.10 Å². The van der Waals surface area contributed by atoms with Crippen LogP contribution in [0.25, 0.3) is 10.9 Å². The third kappa shape index (κ3) is 1.91. The Kier molecular flexibility index (Phi) is 2.90. The number of nitrogens with zero attached hydrogens (tertiary/aromatic N) is 3. The van der Waals surface area contributed by atoms with Crippen LogP contribution in [0.2, 0.25) is 0 Å². The number of hydrogen-bond donors (Lipinski definition) is 1. The third-order valence-corrected chi connectivity index (χ3v) is 6.52. The van der Waals surface area contributed by atoms with Crippen LogP contribution in [0.15, 0.2) is 24.3 Å². The molecule has 1 aromatic carbocycles. The molecule has 5 heteroatoms. The van der Waals surface area contributed by atoms with E-state index in [0.717, 1.165) is 23.7 Å². The van der Waals surface area contributed by atoms with Crippen molar-refractivity contribution >= 4 is 16.8 Å². The van der Waals surface area contributed by atoms with Crippen LogP contribution in [0.3, 0.4) is 0 Å². The first-order valence-corrected chi connectivity index (χ1v) is 9.06. The van der Waals surface area contributed by atoms with Crippen molar-refractivity contribution in [3.8, 4) is 0 Å². The zero-order valence-electron chi connectivity index (χ0n) is 14.3. The summed E-state index contributed by atoms with van der Waals surface area (Å²) in [5.41, 5.74) is 2.02. The summed E-state index contributed by atoms with van der Waals surface area (Å²) >= 11 is 0. The Morgan fingerprint density at radius 3 is 2.96 bits per heavy atom. The molecule has 1 amide bonds. The first kappa shape index (κ1) is 14.5. The molecule has 0 spiro atoms. The van der Waals surface area contributed by atoms with E-state index in [0.29, 0.717) is 23.3 Å². The summed E-state index contributed by atoms with van der Waals surface area (Å²) in [7, 11) is 1.89. The quantitative estimate of drug-likeness (QED) is 0.923. The monoisotopic (exact) mass is 324 g/mol. The van der Waals surface area contributed by atoms with E-state index in [1.807, 2.05) is 31.3 Å². The second kappa shape index (κ2) is 4.82. The fourth-order valence-corrected chi connectivity index (χ4v) is 5.56. The number of aromatic nitrogens is 2. The Morgan fingerprint density at radius 1 is 1.29 bits per heavy atom. The second-order valence-corrected chi connectivity index (χ2v) is 8.09. The van der Waals surface area contributed by atoms with Crippen LogP contribution in [0.1, 0.15) is 49.5 Å². The van der Waals surface area contributed by atoms with Crippen LogP contribution in [0, 0.1) is 0 Å². The van der Waals surface area contributed by atoms with Gasteiger partial charge in [0, 0.05) is 36.1 Å². The molecule has 5 rings (SSSR count). The Balaban J connectivity index is 1.36. The lowest BCUT2D eigenvalue weighted by atomic mass is 9.75. The third-order valence-electron chi connectivity index (χ3n) is 6.52. The lowest BCUT2D eigenvalue weighted by molar-refractivity contribution is -0.0841. The summed E-state index contributed by atoms with van der Waals surface area (Å²) in [4.78, 5) is 15.5. The summed E-state index contributed by atoms with van der Waals surface area (Å²) in [6.45, 7) is 2.41. The van der Waals surface area contributed by atoms with Gasteiger partial charge in [0.15, 0.2) is 5.69 Å². The lowest BCUT2D eigenvalue weighted by Crippen LogP contribution is -2.67. The average Bonchev–Trinajstić information content (AvgIpc) is 3.04. The SMILES string of the molecule is Cn1nc(C(=O)NC2CC3CCC4(C)CC(C2)N34)c2ccccc21. The van der Waals surface area contributed by atoms with Gasteiger partial charge in [-0.15, -0.1) is 0 Å². The van der Waals surface area contributed by atoms with Gasteiger partial charge >= 0.3 is 0 Å². The van der Waals surface area contributed by atoms with Gasteiger partial charge in [-0.25, -0.2) is 0 Å². The van der Waals surface area contributed by atoms with Crippen molar-refractivity contribution in [2.24, 2.45) is 7.05 Å². The van der Waals surface area contributed by atoms with Crippen LogP contribution < -0.4 is 5.32 Å². The molecule has 4 atom stereocenters. The predicted octanol–water partition coefficient (Wildman–Crippen LogP) is 2.46. The molecule has 4 heterocycles. The maximum absolute atomic E-state index is 12.8. The van der Waals surface area contributed by atoms with Gasteiger partial charge in [0.25, 0.3) is 5.91 Å². The highest BCUT2D eigenvalue weighted by atomic mass is 16.2. The Labute approximate surface area is 142 Å². The molecule has 0 bridgehead atoms. The molecule has 1 aromatic heterocycles. The van der Waals surface area contributed by atoms with Crippen LogP contribution in [0.4, 0.5) is 0 Å². The minimum absolute atomic E-state index is 0.0228. The largest absolute Gasteiger partial charge is 0.348 e. The molecule has 0 saturated carbocycles. The Bertz CT molecular complexity index is 828. The molecule has 0 aliphatic carbocycles. The van der Waals surface area contributed by atoms with Gasteiger partial charge in [0.1, 0.15) is 0 Å². The number of piperidine rings is 1. The van der Waals surface area contributed by atoms with E-state index in [1.54, 1.807) is 4.68 Å². The van der Waals surface area contributed by atoms with Crippen LogP contribution >= 0.6 is 0 Å². The van der Waals surface area contributed by atoms with Crippen molar-refractivity contribution in [2.75, 3.05) is 0 Å². The molecule has 0 radical (unpaired) electrons. The molecule has 5 nitrogen and oxygen atoms in total. The van der Waals surface area contributed by atoms with E-state index < -0.39 is 0 Å². The Hall–Kier alpha value is -1.88. The number of benzene rings is 1. The van der Waals surface area contributed by atoms with Crippen molar-refractivity contribution in [1.82, 2.24) is 20.0 Å². The predicted molar refractivity (Wildman–Crippen MR) is 92.9 cm³/mol. The van der Waals surface area contributed by atoms with Crippen LogP contribution in [-0.4, -0.2) is 44.3 Å². The molecular formula is C19H24N4O. The van der Waals surface area contributed by atoms with Gasteiger partial charge in [0.05, 0.1) is 5.52 Å². The summed E-state index contributed by atoms with van der Waals surface area (Å²) in [6.07, 6.45) is 6.07. The van der Waals surface area contributed by atoms with Crippen LogP contribution in [-0.2, 0) is 7.05 Å². The topological polar surface area (TPSA) is 50.2 Å². The summed E-state index contributed by atoms with van der Waals surface area (Å²) in [6, 6.07) is 9.55. The van der Waals surface area contributed by atoms with E-state index in [2.05, 4.69) is 22.2 Å². The number of aryl methyl sites for hydroxylation is 1. The number of para-hydroxylation sites is 1. The number of carbonyl (C=O) groups excluding carboxylic acids is 1. The van der Waals surface area contributed by atoms with Gasteiger partial charge in [-0.3, -0.25) is 14.4 Å². The number of amides is 1. The maximum atomic E-state index is 12.8. The molecule has 24 heavy (non-hydrogen) atoms. The van der Waals surface area contributed by atoms with Gasteiger partial charge in [0.2, 0.25) is 0 Å². The van der Waals surface area contributed by atoms with E-state index in [4.69, 9.17) is 0 Å². The van der Waals surface area contributed by atoms with Gasteiger partial charge < -0.3 is 5.32 Å². The Morgan fingerprint density at radius 2 is 2.08 bits per heavy atom.